The summed E-state index contributed by atoms with van der Waals surface area (Å²) in [5.41, 5.74) is 2.94. The van der Waals surface area contributed by atoms with Crippen LogP contribution in [0.25, 0.3) is 0 Å². The first-order chi connectivity index (χ1) is 7.74. The van der Waals surface area contributed by atoms with Gasteiger partial charge in [-0.25, -0.2) is 0 Å². The van der Waals surface area contributed by atoms with Crippen molar-refractivity contribution in [1.82, 2.24) is 9.80 Å². The third-order valence-electron chi connectivity index (χ3n) is 3.83. The van der Waals surface area contributed by atoms with Gasteiger partial charge in [-0.3, -0.25) is 4.90 Å². The van der Waals surface area contributed by atoms with E-state index in [1.54, 1.807) is 0 Å². The first-order valence-corrected chi connectivity index (χ1v) is 6.33. The molecule has 3 rings (SSSR count). The van der Waals surface area contributed by atoms with E-state index in [9.17, 15) is 0 Å². The summed E-state index contributed by atoms with van der Waals surface area (Å²) in [6.45, 7) is 4.73. The Morgan fingerprint density at radius 2 is 1.94 bits per heavy atom. The molecule has 5 heteroatoms. The Bertz CT molecular complexity index is 411. The highest BCUT2D eigenvalue weighted by molar-refractivity contribution is 6.30. The van der Waals surface area contributed by atoms with Gasteiger partial charge in [0.2, 0.25) is 0 Å². The van der Waals surface area contributed by atoms with Crippen LogP contribution in [0.15, 0.2) is 18.2 Å². The molecule has 2 aliphatic rings. The van der Waals surface area contributed by atoms with Crippen LogP contribution in [0.2, 0.25) is 5.02 Å². The molecule has 102 valence electrons. The zero-order valence-corrected chi connectivity index (χ0v) is 12.8. The van der Waals surface area contributed by atoms with Gasteiger partial charge in [-0.05, 0) is 36.7 Å². The monoisotopic (exact) mass is 308 g/mol. The number of piperazine rings is 1. The maximum absolute atomic E-state index is 6.06. The van der Waals surface area contributed by atoms with E-state index in [-0.39, 0.29) is 24.8 Å². The molecule has 0 N–H and O–H groups in total. The zero-order chi connectivity index (χ0) is 11.1. The molecule has 1 atom stereocenters. The van der Waals surface area contributed by atoms with Crippen LogP contribution in [0.4, 0.5) is 0 Å². The van der Waals surface area contributed by atoms with E-state index in [2.05, 4.69) is 29.0 Å². The Morgan fingerprint density at radius 1 is 1.17 bits per heavy atom. The summed E-state index contributed by atoms with van der Waals surface area (Å²) < 4.78 is 0. The summed E-state index contributed by atoms with van der Waals surface area (Å²) in [6, 6.07) is 6.97. The Labute approximate surface area is 126 Å². The predicted octanol–water partition coefficient (Wildman–Crippen LogP) is 3.03. The summed E-state index contributed by atoms with van der Waals surface area (Å²) >= 11 is 6.06. The first-order valence-electron chi connectivity index (χ1n) is 5.95. The van der Waals surface area contributed by atoms with Crippen molar-refractivity contribution in [2.45, 2.75) is 12.5 Å². The highest BCUT2D eigenvalue weighted by atomic mass is 35.5. The van der Waals surface area contributed by atoms with Gasteiger partial charge in [0.05, 0.1) is 0 Å². The van der Waals surface area contributed by atoms with Crippen molar-refractivity contribution in [3.8, 4) is 0 Å². The van der Waals surface area contributed by atoms with Crippen molar-refractivity contribution >= 4 is 36.4 Å². The van der Waals surface area contributed by atoms with Crippen molar-refractivity contribution in [2.75, 3.05) is 33.2 Å². The maximum atomic E-state index is 6.06. The van der Waals surface area contributed by atoms with Gasteiger partial charge in [0.15, 0.2) is 0 Å². The van der Waals surface area contributed by atoms with E-state index in [0.29, 0.717) is 6.04 Å². The average molecular weight is 310 g/mol. The molecule has 0 radical (unpaired) electrons. The molecular weight excluding hydrogens is 291 g/mol. The molecule has 0 aliphatic carbocycles. The van der Waals surface area contributed by atoms with Gasteiger partial charge >= 0.3 is 0 Å². The third-order valence-corrected chi connectivity index (χ3v) is 4.06. The number of hydrogen-bond donors (Lipinski definition) is 0. The van der Waals surface area contributed by atoms with Crippen LogP contribution in [-0.2, 0) is 6.42 Å². The molecule has 1 fully saturated rings. The van der Waals surface area contributed by atoms with E-state index < -0.39 is 0 Å². The summed E-state index contributed by atoms with van der Waals surface area (Å²) in [5, 5.41) is 0.872. The lowest BCUT2D eigenvalue weighted by molar-refractivity contribution is 0.0826. The molecule has 0 aromatic heterocycles. The summed E-state index contributed by atoms with van der Waals surface area (Å²) in [4.78, 5) is 5.03. The maximum Gasteiger partial charge on any atom is 0.0478 e. The smallest absolute Gasteiger partial charge is 0.0478 e. The van der Waals surface area contributed by atoms with Crippen molar-refractivity contribution in [2.24, 2.45) is 0 Å². The number of rotatable bonds is 0. The molecule has 2 nitrogen and oxygen atoms in total. The van der Waals surface area contributed by atoms with Crippen molar-refractivity contribution in [3.63, 3.8) is 0 Å². The predicted molar refractivity (Wildman–Crippen MR) is 81.5 cm³/mol. The van der Waals surface area contributed by atoms with Crippen molar-refractivity contribution < 1.29 is 0 Å². The number of nitrogens with zero attached hydrogens (tertiary/aromatic N) is 2. The Kier molecular flexibility index (Phi) is 5.75. The minimum atomic E-state index is 0. The lowest BCUT2D eigenvalue weighted by Crippen LogP contribution is -2.49. The molecule has 2 aliphatic heterocycles. The van der Waals surface area contributed by atoms with Crippen molar-refractivity contribution in [3.05, 3.63) is 34.3 Å². The van der Waals surface area contributed by atoms with Gasteiger partial charge in [-0.1, -0.05) is 17.7 Å². The number of benzene rings is 1. The second kappa shape index (κ2) is 6.44. The second-order valence-electron chi connectivity index (χ2n) is 4.91. The summed E-state index contributed by atoms with van der Waals surface area (Å²) in [5.74, 6) is 0. The van der Waals surface area contributed by atoms with Crippen molar-refractivity contribution in [1.29, 1.82) is 0 Å². The fourth-order valence-electron chi connectivity index (χ4n) is 2.90. The molecule has 0 saturated carbocycles. The highest BCUT2D eigenvalue weighted by Gasteiger charge is 2.31. The molecular formula is C13H19Cl3N2. The number of halogens is 3. The molecule has 18 heavy (non-hydrogen) atoms. The van der Waals surface area contributed by atoms with E-state index in [1.807, 2.05) is 6.07 Å². The van der Waals surface area contributed by atoms with Crippen LogP contribution in [0.5, 0.6) is 0 Å². The SMILES string of the molecule is CN1CCN2CCc3cc(Cl)ccc3C2C1.Cl.Cl. The quantitative estimate of drug-likeness (QED) is 0.727. The normalized spacial score (nSPS) is 23.3. The van der Waals surface area contributed by atoms with Gasteiger partial charge in [-0.15, -0.1) is 24.8 Å². The molecule has 1 aromatic rings. The van der Waals surface area contributed by atoms with E-state index >= 15 is 0 Å². The Morgan fingerprint density at radius 3 is 2.72 bits per heavy atom. The molecule has 1 saturated heterocycles. The Balaban J connectivity index is 0.000000810. The largest absolute Gasteiger partial charge is 0.303 e. The van der Waals surface area contributed by atoms with Crippen LogP contribution in [0, 0.1) is 0 Å². The molecule has 0 spiro atoms. The lowest BCUT2D eigenvalue weighted by Gasteiger charge is -2.43. The average Bonchev–Trinajstić information content (AvgIpc) is 2.28. The van der Waals surface area contributed by atoms with Gasteiger partial charge in [0.1, 0.15) is 0 Å². The minimum Gasteiger partial charge on any atom is -0.303 e. The molecule has 0 amide bonds. The summed E-state index contributed by atoms with van der Waals surface area (Å²) in [7, 11) is 2.21. The Hall–Kier alpha value is 0.01000. The fraction of sp³-hybridized carbons (Fsp3) is 0.538. The van der Waals surface area contributed by atoms with Gasteiger partial charge in [0, 0.05) is 37.2 Å². The fourth-order valence-corrected chi connectivity index (χ4v) is 3.09. The van der Waals surface area contributed by atoms with E-state index in [0.717, 1.165) is 18.0 Å². The van der Waals surface area contributed by atoms with Crippen LogP contribution in [0.1, 0.15) is 17.2 Å². The summed E-state index contributed by atoms with van der Waals surface area (Å²) in [6.07, 6.45) is 1.15. The number of hydrogen-bond acceptors (Lipinski definition) is 2. The van der Waals surface area contributed by atoms with Gasteiger partial charge in [-0.2, -0.15) is 0 Å². The lowest BCUT2D eigenvalue weighted by atomic mass is 9.91. The van der Waals surface area contributed by atoms with Crippen LogP contribution >= 0.6 is 36.4 Å². The molecule has 2 heterocycles. The molecule has 0 bridgehead atoms. The first kappa shape index (κ1) is 16.1. The number of likely N-dealkylation sites (N-methyl/N-ethyl adjacent to an activating group) is 1. The zero-order valence-electron chi connectivity index (χ0n) is 10.4. The standard InChI is InChI=1S/C13H17ClN2.2ClH/c1-15-6-7-16-5-4-10-8-11(14)2-3-12(10)13(16)9-15;;/h2-3,8,13H,4-7,9H2,1H3;2*1H. The number of fused-ring (bicyclic) bond motifs is 3. The highest BCUT2D eigenvalue weighted by Crippen LogP contribution is 2.33. The van der Waals surface area contributed by atoms with Crippen LogP contribution < -0.4 is 0 Å². The topological polar surface area (TPSA) is 6.48 Å². The van der Waals surface area contributed by atoms with Crippen LogP contribution in [0.3, 0.4) is 0 Å². The van der Waals surface area contributed by atoms with E-state index in [1.165, 1.54) is 30.8 Å². The van der Waals surface area contributed by atoms with Gasteiger partial charge in [0.25, 0.3) is 0 Å². The third kappa shape index (κ3) is 2.94. The second-order valence-corrected chi connectivity index (χ2v) is 5.34. The molecule has 1 aromatic carbocycles. The van der Waals surface area contributed by atoms with E-state index in [4.69, 9.17) is 11.6 Å². The van der Waals surface area contributed by atoms with Crippen LogP contribution in [-0.4, -0.2) is 43.0 Å². The molecule has 1 unspecified atom stereocenters. The minimum absolute atomic E-state index is 0. The van der Waals surface area contributed by atoms with Gasteiger partial charge < -0.3 is 4.90 Å².